The van der Waals surface area contributed by atoms with Gasteiger partial charge in [-0.1, -0.05) is 6.07 Å². The van der Waals surface area contributed by atoms with Crippen molar-refractivity contribution in [3.8, 4) is 0 Å². The third-order valence-corrected chi connectivity index (χ3v) is 5.27. The fourth-order valence-electron chi connectivity index (χ4n) is 3.09. The van der Waals surface area contributed by atoms with Crippen molar-refractivity contribution < 1.29 is 18.8 Å². The standard InChI is InChI=1S/C19H25BFNO3/c1-11-14(17(2,3)23)9-12-8-13(10-15(21)16(12)22-11)20-24-18(4,5)19(6,7)25-20/h8-10,23H,1-7H3. The summed E-state index contributed by atoms with van der Waals surface area (Å²) in [5.74, 6) is -0.424. The van der Waals surface area contributed by atoms with E-state index < -0.39 is 29.7 Å². The lowest BCUT2D eigenvalue weighted by Crippen LogP contribution is -2.41. The lowest BCUT2D eigenvalue weighted by molar-refractivity contribution is 0.00578. The van der Waals surface area contributed by atoms with Crippen molar-refractivity contribution in [1.82, 2.24) is 4.98 Å². The van der Waals surface area contributed by atoms with Gasteiger partial charge in [-0.25, -0.2) is 9.37 Å². The number of pyridine rings is 1. The molecular weight excluding hydrogens is 320 g/mol. The average Bonchev–Trinajstić information content (AvgIpc) is 2.66. The Kier molecular flexibility index (Phi) is 4.03. The molecule has 0 unspecified atom stereocenters. The van der Waals surface area contributed by atoms with Crippen LogP contribution in [-0.2, 0) is 14.9 Å². The molecule has 1 aromatic carbocycles. The Morgan fingerprint density at radius 2 is 1.64 bits per heavy atom. The lowest BCUT2D eigenvalue weighted by atomic mass is 9.78. The Morgan fingerprint density at radius 3 is 2.16 bits per heavy atom. The molecule has 1 aromatic heterocycles. The largest absolute Gasteiger partial charge is 0.494 e. The molecule has 4 nitrogen and oxygen atoms in total. The van der Waals surface area contributed by atoms with Gasteiger partial charge >= 0.3 is 7.12 Å². The molecule has 3 rings (SSSR count). The van der Waals surface area contributed by atoms with Crippen LogP contribution in [0.1, 0.15) is 52.8 Å². The van der Waals surface area contributed by atoms with Gasteiger partial charge in [-0.2, -0.15) is 0 Å². The van der Waals surface area contributed by atoms with Gasteiger partial charge in [-0.3, -0.25) is 0 Å². The molecule has 1 aliphatic rings. The quantitative estimate of drug-likeness (QED) is 0.850. The number of fused-ring (bicyclic) bond motifs is 1. The molecule has 1 saturated heterocycles. The summed E-state index contributed by atoms with van der Waals surface area (Å²) in [6.45, 7) is 13.0. The summed E-state index contributed by atoms with van der Waals surface area (Å²) in [4.78, 5) is 4.35. The summed E-state index contributed by atoms with van der Waals surface area (Å²) in [7, 11) is -0.643. The number of aromatic nitrogens is 1. The van der Waals surface area contributed by atoms with Gasteiger partial charge in [0.05, 0.1) is 16.8 Å². The minimum atomic E-state index is -1.05. The van der Waals surface area contributed by atoms with E-state index in [2.05, 4.69) is 4.98 Å². The lowest BCUT2D eigenvalue weighted by Gasteiger charge is -2.32. The normalized spacial score (nSPS) is 19.6. The number of aliphatic hydroxyl groups is 1. The molecular formula is C19H25BFNO3. The first-order valence-electron chi connectivity index (χ1n) is 8.51. The highest BCUT2D eigenvalue weighted by Crippen LogP contribution is 2.37. The molecule has 1 aliphatic heterocycles. The van der Waals surface area contributed by atoms with E-state index in [-0.39, 0.29) is 5.52 Å². The summed E-state index contributed by atoms with van der Waals surface area (Å²) >= 11 is 0. The highest BCUT2D eigenvalue weighted by Gasteiger charge is 2.51. The molecule has 0 atom stereocenters. The highest BCUT2D eigenvalue weighted by molar-refractivity contribution is 6.62. The van der Waals surface area contributed by atoms with Crippen LogP contribution in [0.25, 0.3) is 10.9 Å². The van der Waals surface area contributed by atoms with Crippen molar-refractivity contribution in [3.63, 3.8) is 0 Å². The predicted molar refractivity (Wildman–Crippen MR) is 97.4 cm³/mol. The van der Waals surface area contributed by atoms with Crippen LogP contribution in [0.4, 0.5) is 4.39 Å². The van der Waals surface area contributed by atoms with Crippen molar-refractivity contribution in [3.05, 3.63) is 35.3 Å². The number of hydrogen-bond acceptors (Lipinski definition) is 4. The first-order chi connectivity index (χ1) is 11.3. The van der Waals surface area contributed by atoms with E-state index in [9.17, 15) is 9.50 Å². The van der Waals surface area contributed by atoms with Crippen LogP contribution in [0.5, 0.6) is 0 Å². The molecule has 134 valence electrons. The van der Waals surface area contributed by atoms with E-state index in [1.807, 2.05) is 33.8 Å². The fourth-order valence-corrected chi connectivity index (χ4v) is 3.09. The van der Waals surface area contributed by atoms with Crippen molar-refractivity contribution in [2.24, 2.45) is 0 Å². The SMILES string of the molecule is Cc1nc2c(F)cc(B3OC(C)(C)C(C)(C)O3)cc2cc1C(C)(C)O. The Balaban J connectivity index is 2.12. The molecule has 0 saturated carbocycles. The van der Waals surface area contributed by atoms with Crippen LogP contribution in [0, 0.1) is 12.7 Å². The van der Waals surface area contributed by atoms with Gasteiger partial charge in [0, 0.05) is 16.6 Å². The number of benzene rings is 1. The van der Waals surface area contributed by atoms with Crippen LogP contribution in [-0.4, -0.2) is 28.4 Å². The van der Waals surface area contributed by atoms with Crippen LogP contribution in [0.3, 0.4) is 0 Å². The Morgan fingerprint density at radius 1 is 1.08 bits per heavy atom. The Labute approximate surface area is 148 Å². The molecule has 2 aromatic rings. The number of rotatable bonds is 2. The van der Waals surface area contributed by atoms with Gasteiger partial charge in [0.2, 0.25) is 0 Å². The maximum Gasteiger partial charge on any atom is 0.494 e. The van der Waals surface area contributed by atoms with Crippen LogP contribution in [0.15, 0.2) is 18.2 Å². The minimum absolute atomic E-state index is 0.283. The molecule has 0 spiro atoms. The van der Waals surface area contributed by atoms with E-state index in [1.165, 1.54) is 6.07 Å². The van der Waals surface area contributed by atoms with Gasteiger partial charge in [-0.15, -0.1) is 0 Å². The summed E-state index contributed by atoms with van der Waals surface area (Å²) in [6, 6.07) is 5.03. The van der Waals surface area contributed by atoms with Crippen molar-refractivity contribution in [2.45, 2.75) is 65.3 Å². The number of aryl methyl sites for hydroxylation is 1. The number of nitrogens with zero attached hydrogens (tertiary/aromatic N) is 1. The average molecular weight is 345 g/mol. The van der Waals surface area contributed by atoms with E-state index in [4.69, 9.17) is 9.31 Å². The van der Waals surface area contributed by atoms with Gasteiger partial charge in [0.25, 0.3) is 0 Å². The summed E-state index contributed by atoms with van der Waals surface area (Å²) < 4.78 is 26.7. The molecule has 0 amide bonds. The second-order valence-corrected chi connectivity index (χ2v) is 8.34. The minimum Gasteiger partial charge on any atom is -0.399 e. The molecule has 6 heteroatoms. The van der Waals surface area contributed by atoms with E-state index >= 15 is 0 Å². The monoisotopic (exact) mass is 345 g/mol. The summed E-state index contributed by atoms with van der Waals surface area (Å²) in [5, 5.41) is 11.0. The van der Waals surface area contributed by atoms with Gasteiger partial charge in [0.1, 0.15) is 11.3 Å². The second-order valence-electron chi connectivity index (χ2n) is 8.34. The van der Waals surface area contributed by atoms with Crippen LogP contribution < -0.4 is 5.46 Å². The zero-order valence-corrected chi connectivity index (χ0v) is 15.9. The molecule has 0 radical (unpaired) electrons. The third kappa shape index (κ3) is 3.07. The topological polar surface area (TPSA) is 51.6 Å². The maximum absolute atomic E-state index is 14.7. The van der Waals surface area contributed by atoms with Crippen molar-refractivity contribution in [2.75, 3.05) is 0 Å². The van der Waals surface area contributed by atoms with Gasteiger partial charge < -0.3 is 14.4 Å². The predicted octanol–water partition coefficient (Wildman–Crippen LogP) is 3.21. The summed E-state index contributed by atoms with van der Waals surface area (Å²) in [6.07, 6.45) is 0. The van der Waals surface area contributed by atoms with Crippen molar-refractivity contribution >= 4 is 23.5 Å². The maximum atomic E-state index is 14.7. The zero-order chi connectivity index (χ0) is 18.8. The molecule has 0 bridgehead atoms. The second kappa shape index (κ2) is 5.50. The Hall–Kier alpha value is -1.50. The number of halogens is 1. The van der Waals surface area contributed by atoms with Crippen LogP contribution in [0.2, 0.25) is 0 Å². The number of hydrogen-bond donors (Lipinski definition) is 1. The van der Waals surface area contributed by atoms with Gasteiger partial charge in [0.15, 0.2) is 0 Å². The summed E-state index contributed by atoms with van der Waals surface area (Å²) in [5.41, 5.74) is 0.136. The van der Waals surface area contributed by atoms with E-state index in [0.717, 1.165) is 0 Å². The Bertz CT molecular complexity index is 827. The van der Waals surface area contributed by atoms with E-state index in [0.29, 0.717) is 22.1 Å². The third-order valence-electron chi connectivity index (χ3n) is 5.27. The zero-order valence-electron chi connectivity index (χ0n) is 15.9. The molecule has 25 heavy (non-hydrogen) atoms. The molecule has 1 N–H and O–H groups in total. The first kappa shape index (κ1) is 18.3. The smallest absolute Gasteiger partial charge is 0.399 e. The fraction of sp³-hybridized carbons (Fsp3) is 0.526. The van der Waals surface area contributed by atoms with Crippen LogP contribution >= 0.6 is 0 Å². The first-order valence-corrected chi connectivity index (χ1v) is 8.51. The highest BCUT2D eigenvalue weighted by atomic mass is 19.1. The van der Waals surface area contributed by atoms with Gasteiger partial charge in [-0.05, 0) is 66.1 Å². The molecule has 2 heterocycles. The molecule has 0 aliphatic carbocycles. The van der Waals surface area contributed by atoms with E-state index in [1.54, 1.807) is 26.8 Å². The molecule has 1 fully saturated rings. The van der Waals surface area contributed by atoms with Crippen molar-refractivity contribution in [1.29, 1.82) is 0 Å².